The van der Waals surface area contributed by atoms with E-state index in [2.05, 4.69) is 4.98 Å². The van der Waals surface area contributed by atoms with Crippen LogP contribution in [0.15, 0.2) is 18.5 Å². The minimum atomic E-state index is 0.523. The minimum absolute atomic E-state index is 0.523. The summed E-state index contributed by atoms with van der Waals surface area (Å²) in [7, 11) is 0. The fraction of sp³-hybridized carbons (Fsp3) is 0. The average molecular weight is 163 g/mol. The molecule has 0 unspecified atom stereocenters. The molecule has 0 aliphatic rings. The van der Waals surface area contributed by atoms with Crippen LogP contribution >= 0.6 is 0 Å². The van der Waals surface area contributed by atoms with E-state index in [1.807, 2.05) is 0 Å². The first-order valence-corrected chi connectivity index (χ1v) is 3.45. The van der Waals surface area contributed by atoms with E-state index in [0.717, 1.165) is 11.0 Å². The summed E-state index contributed by atoms with van der Waals surface area (Å²) in [4.78, 5) is 4.02. The first kappa shape index (κ1) is 6.78. The van der Waals surface area contributed by atoms with Gasteiger partial charge in [0.05, 0.1) is 22.4 Å². The molecule has 1 aromatic carbocycles. The molecular weight excluding hydrogens is 154 g/mol. The third-order valence-electron chi connectivity index (χ3n) is 1.78. The summed E-state index contributed by atoms with van der Waals surface area (Å²) < 4.78 is 1.41. The Labute approximate surface area is 68.7 Å². The highest BCUT2D eigenvalue weighted by Crippen LogP contribution is 2.21. The van der Waals surface area contributed by atoms with Crippen molar-refractivity contribution in [1.29, 1.82) is 0 Å². The number of anilines is 2. The van der Waals surface area contributed by atoms with Crippen molar-refractivity contribution in [3.8, 4) is 0 Å². The lowest BCUT2D eigenvalue weighted by Gasteiger charge is -1.99. The number of nitrogen functional groups attached to an aromatic ring is 3. The second kappa shape index (κ2) is 2.04. The molecule has 0 radical (unpaired) electrons. The zero-order valence-electron chi connectivity index (χ0n) is 6.36. The fourth-order valence-electron chi connectivity index (χ4n) is 1.11. The highest BCUT2D eigenvalue weighted by Gasteiger charge is 2.02. The number of imidazole rings is 1. The van der Waals surface area contributed by atoms with Gasteiger partial charge in [-0.2, -0.15) is 0 Å². The average Bonchev–Trinajstić information content (AvgIpc) is 2.35. The molecule has 0 bridgehead atoms. The molecule has 0 saturated carbocycles. The van der Waals surface area contributed by atoms with Crippen molar-refractivity contribution in [1.82, 2.24) is 9.66 Å². The normalized spacial score (nSPS) is 10.7. The molecule has 5 nitrogen and oxygen atoms in total. The predicted octanol–water partition coefficient (Wildman–Crippen LogP) is -0.0855. The van der Waals surface area contributed by atoms with Crippen molar-refractivity contribution in [3.05, 3.63) is 18.5 Å². The Morgan fingerprint density at radius 2 is 1.83 bits per heavy atom. The predicted molar refractivity (Wildman–Crippen MR) is 48.7 cm³/mol. The third kappa shape index (κ3) is 0.763. The smallest absolute Gasteiger partial charge is 0.115 e. The number of benzene rings is 1. The zero-order chi connectivity index (χ0) is 8.72. The van der Waals surface area contributed by atoms with Gasteiger partial charge in [0.25, 0.3) is 0 Å². The topological polar surface area (TPSA) is 95.9 Å². The first-order chi connectivity index (χ1) is 5.68. The zero-order valence-corrected chi connectivity index (χ0v) is 6.36. The Bertz CT molecular complexity index is 431. The van der Waals surface area contributed by atoms with Crippen LogP contribution < -0.4 is 17.3 Å². The van der Waals surface area contributed by atoms with Crippen LogP contribution in [0, 0.1) is 0 Å². The number of fused-ring (bicyclic) bond motifs is 1. The van der Waals surface area contributed by atoms with Crippen molar-refractivity contribution >= 4 is 22.4 Å². The van der Waals surface area contributed by atoms with Crippen molar-refractivity contribution in [2.24, 2.45) is 0 Å². The van der Waals surface area contributed by atoms with Gasteiger partial charge in [0.2, 0.25) is 0 Å². The molecule has 5 heteroatoms. The number of nitrogens with zero attached hydrogens (tertiary/aromatic N) is 2. The van der Waals surface area contributed by atoms with Gasteiger partial charge in [-0.05, 0) is 12.1 Å². The van der Waals surface area contributed by atoms with E-state index < -0.39 is 0 Å². The molecule has 0 spiro atoms. The van der Waals surface area contributed by atoms with Gasteiger partial charge in [-0.1, -0.05) is 0 Å². The standard InChI is InChI=1S/C7H9N5/c8-4-1-6-7(2-5(4)9)12(10)3-11-6/h1-3H,8-10H2. The van der Waals surface area contributed by atoms with Gasteiger partial charge in [-0.15, -0.1) is 0 Å². The molecule has 0 saturated heterocycles. The van der Waals surface area contributed by atoms with Gasteiger partial charge in [-0.3, -0.25) is 0 Å². The summed E-state index contributed by atoms with van der Waals surface area (Å²) in [6.45, 7) is 0. The maximum absolute atomic E-state index is 5.59. The highest BCUT2D eigenvalue weighted by atomic mass is 15.3. The van der Waals surface area contributed by atoms with Crippen LogP contribution in [-0.2, 0) is 0 Å². The van der Waals surface area contributed by atoms with Crippen LogP contribution in [0.1, 0.15) is 0 Å². The summed E-state index contributed by atoms with van der Waals surface area (Å²) in [5.41, 5.74) is 13.8. The summed E-state index contributed by atoms with van der Waals surface area (Å²) in [6, 6.07) is 3.41. The number of hydrogen-bond donors (Lipinski definition) is 3. The van der Waals surface area contributed by atoms with Crippen LogP contribution in [0.4, 0.5) is 11.4 Å². The largest absolute Gasteiger partial charge is 0.397 e. The number of rotatable bonds is 0. The first-order valence-electron chi connectivity index (χ1n) is 3.45. The molecule has 1 aromatic heterocycles. The summed E-state index contributed by atoms with van der Waals surface area (Å²) >= 11 is 0. The Kier molecular flexibility index (Phi) is 1.15. The molecule has 0 aliphatic carbocycles. The van der Waals surface area contributed by atoms with E-state index in [4.69, 9.17) is 17.3 Å². The maximum Gasteiger partial charge on any atom is 0.115 e. The Hall–Kier alpha value is -1.91. The van der Waals surface area contributed by atoms with Gasteiger partial charge in [0.15, 0.2) is 0 Å². The fourth-order valence-corrected chi connectivity index (χ4v) is 1.11. The van der Waals surface area contributed by atoms with Gasteiger partial charge < -0.3 is 17.3 Å². The maximum atomic E-state index is 5.59. The molecular formula is C7H9N5. The van der Waals surface area contributed by atoms with Gasteiger partial charge in [0, 0.05) is 0 Å². The Morgan fingerprint density at radius 3 is 2.58 bits per heavy atom. The molecule has 0 atom stereocenters. The van der Waals surface area contributed by atoms with Gasteiger partial charge in [-0.25, -0.2) is 9.66 Å². The van der Waals surface area contributed by atoms with Crippen molar-refractivity contribution in [2.75, 3.05) is 17.3 Å². The number of aromatic nitrogens is 2. The number of nitrogens with two attached hydrogens (primary N) is 3. The van der Waals surface area contributed by atoms with Gasteiger partial charge in [0.1, 0.15) is 6.33 Å². The lowest BCUT2D eigenvalue weighted by Crippen LogP contribution is -2.05. The molecule has 12 heavy (non-hydrogen) atoms. The summed E-state index contributed by atoms with van der Waals surface area (Å²) in [6.07, 6.45) is 1.52. The van der Waals surface area contributed by atoms with E-state index in [9.17, 15) is 0 Å². The SMILES string of the molecule is Nc1cc2ncn(N)c2cc1N. The highest BCUT2D eigenvalue weighted by molar-refractivity contribution is 5.85. The molecule has 2 aromatic rings. The quantitative estimate of drug-likeness (QED) is 0.373. The monoisotopic (exact) mass is 163 g/mol. The Balaban J connectivity index is 2.87. The lowest BCUT2D eigenvalue weighted by molar-refractivity contribution is 1.04. The van der Waals surface area contributed by atoms with Crippen LogP contribution in [0.3, 0.4) is 0 Å². The van der Waals surface area contributed by atoms with E-state index in [-0.39, 0.29) is 0 Å². The Morgan fingerprint density at radius 1 is 1.17 bits per heavy atom. The molecule has 6 N–H and O–H groups in total. The van der Waals surface area contributed by atoms with Gasteiger partial charge >= 0.3 is 0 Å². The molecule has 62 valence electrons. The van der Waals surface area contributed by atoms with Crippen LogP contribution in [-0.4, -0.2) is 9.66 Å². The van der Waals surface area contributed by atoms with E-state index in [1.54, 1.807) is 12.1 Å². The minimum Gasteiger partial charge on any atom is -0.397 e. The van der Waals surface area contributed by atoms with Crippen molar-refractivity contribution < 1.29 is 0 Å². The molecule has 1 heterocycles. The van der Waals surface area contributed by atoms with E-state index >= 15 is 0 Å². The van der Waals surface area contributed by atoms with Crippen molar-refractivity contribution in [2.45, 2.75) is 0 Å². The van der Waals surface area contributed by atoms with E-state index in [1.165, 1.54) is 11.0 Å². The lowest BCUT2D eigenvalue weighted by atomic mass is 10.2. The second-order valence-electron chi connectivity index (χ2n) is 2.62. The molecule has 0 amide bonds. The number of hydrogen-bond acceptors (Lipinski definition) is 4. The van der Waals surface area contributed by atoms with Crippen molar-refractivity contribution in [3.63, 3.8) is 0 Å². The third-order valence-corrected chi connectivity index (χ3v) is 1.78. The van der Waals surface area contributed by atoms with Crippen LogP contribution in [0.25, 0.3) is 11.0 Å². The second-order valence-corrected chi connectivity index (χ2v) is 2.62. The molecule has 0 fully saturated rings. The summed E-state index contributed by atoms with van der Waals surface area (Å²) in [5, 5.41) is 0. The molecule has 2 rings (SSSR count). The van der Waals surface area contributed by atoms with E-state index in [0.29, 0.717) is 11.4 Å². The van der Waals surface area contributed by atoms with Crippen LogP contribution in [0.2, 0.25) is 0 Å². The summed E-state index contributed by atoms with van der Waals surface area (Å²) in [5.74, 6) is 5.55. The van der Waals surface area contributed by atoms with Crippen LogP contribution in [0.5, 0.6) is 0 Å². The molecule has 0 aliphatic heterocycles.